The van der Waals surface area contributed by atoms with Gasteiger partial charge in [0, 0.05) is 21.5 Å². The highest BCUT2D eigenvalue weighted by molar-refractivity contribution is 7.18. The Labute approximate surface area is 198 Å². The smallest absolute Gasteiger partial charge is 0.417 e. The zero-order valence-electron chi connectivity index (χ0n) is 20.0. The second kappa shape index (κ2) is 8.88. The largest absolute Gasteiger partial charge is 0.447 e. The molecule has 4 rings (SSSR count). The van der Waals surface area contributed by atoms with Crippen molar-refractivity contribution in [2.24, 2.45) is 0 Å². The number of hydrogen-bond donors (Lipinski definition) is 0. The number of aromatic nitrogens is 1. The lowest BCUT2D eigenvalue weighted by molar-refractivity contribution is -0.152. The van der Waals surface area contributed by atoms with Gasteiger partial charge in [0.25, 0.3) is 5.91 Å². The lowest BCUT2D eigenvalue weighted by Gasteiger charge is -2.32. The third kappa shape index (κ3) is 4.80. The van der Waals surface area contributed by atoms with Crippen LogP contribution in [0.5, 0.6) is 0 Å². The van der Waals surface area contributed by atoms with E-state index >= 15 is 0 Å². The molecule has 0 radical (unpaired) electrons. The summed E-state index contributed by atoms with van der Waals surface area (Å²) in [6.45, 7) is 11.8. The summed E-state index contributed by atoms with van der Waals surface area (Å²) in [5, 5.41) is 1.01. The third-order valence-corrected chi connectivity index (χ3v) is 6.72. The number of fused-ring (bicyclic) bond motifs is 1. The van der Waals surface area contributed by atoms with Gasteiger partial charge in [-0.15, -0.1) is 11.3 Å². The van der Waals surface area contributed by atoms with Gasteiger partial charge in [0.2, 0.25) is 0 Å². The van der Waals surface area contributed by atoms with Crippen molar-refractivity contribution in [3.8, 4) is 0 Å². The molecule has 1 saturated heterocycles. The van der Waals surface area contributed by atoms with Gasteiger partial charge < -0.3 is 9.47 Å². The maximum atomic E-state index is 14.0. The number of imide groups is 1. The number of hydrogen-bond acceptors (Lipinski definition) is 6. The van der Waals surface area contributed by atoms with E-state index in [2.05, 4.69) is 6.07 Å². The lowest BCUT2D eigenvalue weighted by Crippen LogP contribution is -2.45. The number of nitrogens with zero attached hydrogens (tertiary/aromatic N) is 2. The van der Waals surface area contributed by atoms with Crippen LogP contribution < -0.4 is 0 Å². The molecule has 0 saturated carbocycles. The Morgan fingerprint density at radius 3 is 2.61 bits per heavy atom. The zero-order valence-corrected chi connectivity index (χ0v) is 20.8. The first-order chi connectivity index (χ1) is 15.5. The Kier molecular flexibility index (Phi) is 6.29. The lowest BCUT2D eigenvalue weighted by atomic mass is 9.97. The van der Waals surface area contributed by atoms with Crippen molar-refractivity contribution in [3.63, 3.8) is 0 Å². The van der Waals surface area contributed by atoms with Crippen LogP contribution in [0.3, 0.4) is 0 Å². The first-order valence-electron chi connectivity index (χ1n) is 11.1. The van der Waals surface area contributed by atoms with Gasteiger partial charge in [-0.25, -0.2) is 14.7 Å². The molecule has 0 unspecified atom stereocenters. The highest BCUT2D eigenvalue weighted by atomic mass is 32.1. The van der Waals surface area contributed by atoms with Crippen molar-refractivity contribution in [1.82, 2.24) is 9.88 Å². The van der Waals surface area contributed by atoms with Gasteiger partial charge >= 0.3 is 6.09 Å². The number of aryl methyl sites for hydroxylation is 3. The Morgan fingerprint density at radius 1 is 1.24 bits per heavy atom. The van der Waals surface area contributed by atoms with Crippen LogP contribution in [-0.2, 0) is 20.7 Å². The molecule has 0 bridgehead atoms. The van der Waals surface area contributed by atoms with Crippen LogP contribution in [0, 0.1) is 20.8 Å². The van der Waals surface area contributed by atoms with Gasteiger partial charge in [0.1, 0.15) is 11.4 Å². The molecule has 3 aromatic rings. The standard InChI is InChI=1S/C26H30N2O4S/c1-15-12-20-16(2)21(17(3)27-23(20)33-15)22(32-26(4,5)6)24(29)28-19(14-31-25(28)30)13-18-10-8-7-9-11-18/h7-12,19,22H,13-14H2,1-6H3/t19-,22+/m1/s1. The van der Waals surface area contributed by atoms with Crippen molar-refractivity contribution in [1.29, 1.82) is 0 Å². The molecule has 174 valence electrons. The molecule has 0 N–H and O–H groups in total. The number of carbonyl (C=O) groups is 2. The molecule has 7 heteroatoms. The molecule has 2 atom stereocenters. The fraction of sp³-hybridized carbons (Fsp3) is 0.423. The van der Waals surface area contributed by atoms with E-state index in [1.165, 1.54) is 4.90 Å². The number of ether oxygens (including phenoxy) is 2. The highest BCUT2D eigenvalue weighted by Gasteiger charge is 2.44. The molecule has 1 aromatic carbocycles. The first-order valence-corrected chi connectivity index (χ1v) is 12.0. The summed E-state index contributed by atoms with van der Waals surface area (Å²) in [5.74, 6) is -0.410. The Bertz CT molecular complexity index is 1200. The van der Waals surface area contributed by atoms with E-state index in [1.807, 2.05) is 71.9 Å². The second-order valence-electron chi connectivity index (χ2n) is 9.55. The number of benzene rings is 1. The molecule has 0 spiro atoms. The van der Waals surface area contributed by atoms with Crippen LogP contribution in [0.15, 0.2) is 36.4 Å². The maximum Gasteiger partial charge on any atom is 0.417 e. The van der Waals surface area contributed by atoms with Gasteiger partial charge in [-0.2, -0.15) is 0 Å². The topological polar surface area (TPSA) is 68.7 Å². The summed E-state index contributed by atoms with van der Waals surface area (Å²) in [5.41, 5.74) is 2.83. The summed E-state index contributed by atoms with van der Waals surface area (Å²) in [7, 11) is 0. The van der Waals surface area contributed by atoms with Crippen LogP contribution in [0.4, 0.5) is 4.79 Å². The number of rotatable bonds is 5. The molecule has 1 aliphatic rings. The van der Waals surface area contributed by atoms with Crippen molar-refractivity contribution >= 4 is 33.6 Å². The molecule has 1 fully saturated rings. The quantitative estimate of drug-likeness (QED) is 0.485. The number of cyclic esters (lactones) is 1. The Morgan fingerprint density at radius 2 is 1.94 bits per heavy atom. The monoisotopic (exact) mass is 466 g/mol. The second-order valence-corrected chi connectivity index (χ2v) is 10.8. The average molecular weight is 467 g/mol. The van der Waals surface area contributed by atoms with Gasteiger partial charge in [0.05, 0.1) is 11.6 Å². The van der Waals surface area contributed by atoms with Crippen LogP contribution in [0.1, 0.15) is 54.1 Å². The van der Waals surface area contributed by atoms with E-state index < -0.39 is 23.7 Å². The number of amides is 2. The molecule has 0 aliphatic carbocycles. The van der Waals surface area contributed by atoms with E-state index in [4.69, 9.17) is 14.5 Å². The maximum absolute atomic E-state index is 14.0. The summed E-state index contributed by atoms with van der Waals surface area (Å²) in [4.78, 5) is 34.8. The fourth-order valence-corrected chi connectivity index (χ4v) is 5.33. The minimum absolute atomic E-state index is 0.167. The molecule has 1 aliphatic heterocycles. The summed E-state index contributed by atoms with van der Waals surface area (Å²) >= 11 is 1.63. The third-order valence-electron chi connectivity index (χ3n) is 5.77. The first kappa shape index (κ1) is 23.4. The molecular weight excluding hydrogens is 436 g/mol. The van der Waals surface area contributed by atoms with Crippen molar-refractivity contribution in [2.75, 3.05) is 6.61 Å². The van der Waals surface area contributed by atoms with Gasteiger partial charge in [-0.05, 0) is 65.2 Å². The van der Waals surface area contributed by atoms with Crippen LogP contribution >= 0.6 is 11.3 Å². The number of pyridine rings is 1. The molecule has 6 nitrogen and oxygen atoms in total. The highest BCUT2D eigenvalue weighted by Crippen LogP contribution is 2.37. The molecule has 3 heterocycles. The van der Waals surface area contributed by atoms with E-state index in [1.54, 1.807) is 11.3 Å². The van der Waals surface area contributed by atoms with Crippen molar-refractivity contribution < 1.29 is 19.1 Å². The number of carbonyl (C=O) groups excluding carboxylic acids is 2. The summed E-state index contributed by atoms with van der Waals surface area (Å²) in [6.07, 6.45) is -1.07. The molecule has 2 aromatic heterocycles. The summed E-state index contributed by atoms with van der Waals surface area (Å²) < 4.78 is 11.6. The van der Waals surface area contributed by atoms with Gasteiger partial charge in [-0.1, -0.05) is 30.3 Å². The Balaban J connectivity index is 1.76. The minimum atomic E-state index is -0.967. The average Bonchev–Trinajstić information content (AvgIpc) is 3.28. The van der Waals surface area contributed by atoms with Gasteiger partial charge in [-0.3, -0.25) is 4.79 Å². The van der Waals surface area contributed by atoms with Crippen LogP contribution in [0.2, 0.25) is 0 Å². The van der Waals surface area contributed by atoms with Crippen LogP contribution in [0.25, 0.3) is 10.2 Å². The Hall–Kier alpha value is -2.77. The molecule has 2 amide bonds. The zero-order chi connectivity index (χ0) is 23.9. The fourth-order valence-electron chi connectivity index (χ4n) is 4.35. The van der Waals surface area contributed by atoms with Crippen molar-refractivity contribution in [2.45, 2.75) is 65.7 Å². The van der Waals surface area contributed by atoms with Crippen molar-refractivity contribution in [3.05, 3.63) is 63.7 Å². The minimum Gasteiger partial charge on any atom is -0.447 e. The normalized spacial score (nSPS) is 17.5. The predicted molar refractivity (Wildman–Crippen MR) is 130 cm³/mol. The van der Waals surface area contributed by atoms with E-state index in [-0.39, 0.29) is 12.6 Å². The van der Waals surface area contributed by atoms with E-state index in [0.29, 0.717) is 6.42 Å². The van der Waals surface area contributed by atoms with E-state index in [9.17, 15) is 9.59 Å². The predicted octanol–water partition coefficient (Wildman–Crippen LogP) is 5.67. The summed E-state index contributed by atoms with van der Waals surface area (Å²) in [6, 6.07) is 11.5. The molecule has 33 heavy (non-hydrogen) atoms. The van der Waals surface area contributed by atoms with E-state index in [0.717, 1.165) is 37.5 Å². The van der Waals surface area contributed by atoms with Gasteiger partial charge in [0.15, 0.2) is 6.10 Å². The molecular formula is C26H30N2O4S. The number of thiophene rings is 1. The SMILES string of the molecule is Cc1cc2c(C)c([C@H](OC(C)(C)C)C(=O)N3C(=O)OC[C@H]3Cc3ccccc3)c(C)nc2s1. The van der Waals surface area contributed by atoms with Crippen LogP contribution in [-0.4, -0.2) is 40.1 Å².